The summed E-state index contributed by atoms with van der Waals surface area (Å²) < 4.78 is 16.9. The van der Waals surface area contributed by atoms with Gasteiger partial charge >= 0.3 is 0 Å². The summed E-state index contributed by atoms with van der Waals surface area (Å²) in [6.07, 6.45) is 2.57. The summed E-state index contributed by atoms with van der Waals surface area (Å²) in [7, 11) is 0. The molecule has 0 aromatic rings. The van der Waals surface area contributed by atoms with Gasteiger partial charge in [0.05, 0.1) is 25.4 Å². The zero-order chi connectivity index (χ0) is 12.5. The lowest BCUT2D eigenvalue weighted by atomic mass is 9.85. The van der Waals surface area contributed by atoms with Gasteiger partial charge in [-0.3, -0.25) is 0 Å². The second-order valence-electron chi connectivity index (χ2n) is 4.34. The molecule has 102 valence electrons. The predicted octanol–water partition coefficient (Wildman–Crippen LogP) is 1.59. The Bertz CT molecular complexity index is 190. The van der Waals surface area contributed by atoms with Crippen LogP contribution in [0, 0.1) is 0 Å². The molecular formula is C13H27NO3. The number of rotatable bonds is 10. The normalized spacial score (nSPS) is 28.1. The molecule has 0 aromatic heterocycles. The van der Waals surface area contributed by atoms with Crippen LogP contribution in [0.4, 0.5) is 0 Å². The summed E-state index contributed by atoms with van der Waals surface area (Å²) in [4.78, 5) is 0. The van der Waals surface area contributed by atoms with Gasteiger partial charge in [-0.15, -0.1) is 0 Å². The first-order valence-corrected chi connectivity index (χ1v) is 6.87. The highest BCUT2D eigenvalue weighted by molar-refractivity contribution is 4.97. The van der Waals surface area contributed by atoms with E-state index >= 15 is 0 Å². The standard InChI is InChI=1S/C13H27NO3/c1-4-7-17-13-11(14-5-2)10-12(13)16-9-8-15-6-3/h11-14H,4-10H2,1-3H3. The molecule has 1 saturated carbocycles. The molecule has 0 heterocycles. The largest absolute Gasteiger partial charge is 0.379 e. The quantitative estimate of drug-likeness (QED) is 0.593. The van der Waals surface area contributed by atoms with Gasteiger partial charge in [0.1, 0.15) is 0 Å². The average molecular weight is 245 g/mol. The van der Waals surface area contributed by atoms with E-state index in [0.29, 0.717) is 19.3 Å². The number of ether oxygens (including phenoxy) is 3. The van der Waals surface area contributed by atoms with Gasteiger partial charge in [-0.25, -0.2) is 0 Å². The summed E-state index contributed by atoms with van der Waals surface area (Å²) in [5.41, 5.74) is 0. The van der Waals surface area contributed by atoms with Crippen molar-refractivity contribution in [3.05, 3.63) is 0 Å². The van der Waals surface area contributed by atoms with Crippen molar-refractivity contribution in [1.82, 2.24) is 5.32 Å². The fourth-order valence-corrected chi connectivity index (χ4v) is 2.09. The third-order valence-electron chi connectivity index (χ3n) is 2.99. The highest BCUT2D eigenvalue weighted by atomic mass is 16.6. The molecule has 1 rings (SSSR count). The molecule has 0 spiro atoms. The van der Waals surface area contributed by atoms with Crippen LogP contribution in [0.2, 0.25) is 0 Å². The van der Waals surface area contributed by atoms with Gasteiger partial charge in [0.15, 0.2) is 0 Å². The lowest BCUT2D eigenvalue weighted by molar-refractivity contribution is -0.152. The summed E-state index contributed by atoms with van der Waals surface area (Å²) >= 11 is 0. The first-order valence-electron chi connectivity index (χ1n) is 6.87. The van der Waals surface area contributed by atoms with Gasteiger partial charge in [-0.1, -0.05) is 13.8 Å². The smallest absolute Gasteiger partial charge is 0.0990 e. The van der Waals surface area contributed by atoms with Gasteiger partial charge in [-0.05, 0) is 26.3 Å². The van der Waals surface area contributed by atoms with Crippen LogP contribution in [-0.4, -0.2) is 51.2 Å². The Morgan fingerprint density at radius 2 is 1.88 bits per heavy atom. The minimum absolute atomic E-state index is 0.219. The van der Waals surface area contributed by atoms with E-state index in [4.69, 9.17) is 14.2 Å². The number of hydrogen-bond acceptors (Lipinski definition) is 4. The molecule has 3 unspecified atom stereocenters. The van der Waals surface area contributed by atoms with Crippen molar-refractivity contribution < 1.29 is 14.2 Å². The molecule has 1 N–H and O–H groups in total. The van der Waals surface area contributed by atoms with Crippen molar-refractivity contribution >= 4 is 0 Å². The van der Waals surface area contributed by atoms with Crippen molar-refractivity contribution in [1.29, 1.82) is 0 Å². The molecule has 0 bridgehead atoms. The number of hydrogen-bond donors (Lipinski definition) is 1. The molecule has 4 nitrogen and oxygen atoms in total. The maximum atomic E-state index is 5.83. The molecule has 0 radical (unpaired) electrons. The molecular weight excluding hydrogens is 218 g/mol. The highest BCUT2D eigenvalue weighted by Crippen LogP contribution is 2.27. The summed E-state index contributed by atoms with van der Waals surface area (Å²) in [5, 5.41) is 3.44. The fraction of sp³-hybridized carbons (Fsp3) is 1.00. The van der Waals surface area contributed by atoms with Crippen LogP contribution >= 0.6 is 0 Å². The Morgan fingerprint density at radius 3 is 2.53 bits per heavy atom. The van der Waals surface area contributed by atoms with E-state index in [-0.39, 0.29) is 12.2 Å². The lowest BCUT2D eigenvalue weighted by Gasteiger charge is -2.44. The monoisotopic (exact) mass is 245 g/mol. The summed E-state index contributed by atoms with van der Waals surface area (Å²) in [6.45, 7) is 10.2. The van der Waals surface area contributed by atoms with E-state index in [2.05, 4.69) is 19.2 Å². The summed E-state index contributed by atoms with van der Waals surface area (Å²) in [6, 6.07) is 0.462. The van der Waals surface area contributed by atoms with E-state index in [9.17, 15) is 0 Å². The van der Waals surface area contributed by atoms with Gasteiger partial charge in [0.25, 0.3) is 0 Å². The van der Waals surface area contributed by atoms with E-state index in [1.54, 1.807) is 0 Å². The fourth-order valence-electron chi connectivity index (χ4n) is 2.09. The molecule has 0 aliphatic heterocycles. The molecule has 0 amide bonds. The number of likely N-dealkylation sites (N-methyl/N-ethyl adjacent to an activating group) is 1. The Morgan fingerprint density at radius 1 is 1.06 bits per heavy atom. The Kier molecular flexibility index (Phi) is 7.77. The molecule has 4 heteroatoms. The Labute approximate surface area is 105 Å². The Balaban J connectivity index is 2.19. The SMILES string of the molecule is CCCOC1C(NCC)CC1OCCOCC. The van der Waals surface area contributed by atoms with Crippen LogP contribution < -0.4 is 5.32 Å². The molecule has 1 aliphatic rings. The zero-order valence-electron chi connectivity index (χ0n) is 11.4. The molecule has 0 saturated heterocycles. The van der Waals surface area contributed by atoms with Crippen molar-refractivity contribution in [3.63, 3.8) is 0 Å². The van der Waals surface area contributed by atoms with E-state index in [1.165, 1.54) is 0 Å². The molecule has 1 fully saturated rings. The minimum atomic E-state index is 0.219. The van der Waals surface area contributed by atoms with E-state index < -0.39 is 0 Å². The van der Waals surface area contributed by atoms with Crippen LogP contribution in [0.3, 0.4) is 0 Å². The maximum Gasteiger partial charge on any atom is 0.0990 e. The van der Waals surface area contributed by atoms with Gasteiger partial charge in [0, 0.05) is 19.3 Å². The van der Waals surface area contributed by atoms with E-state index in [0.717, 1.165) is 32.6 Å². The third kappa shape index (κ3) is 4.92. The third-order valence-corrected chi connectivity index (χ3v) is 2.99. The highest BCUT2D eigenvalue weighted by Gasteiger charge is 2.42. The maximum absolute atomic E-state index is 5.83. The summed E-state index contributed by atoms with van der Waals surface area (Å²) in [5.74, 6) is 0. The predicted molar refractivity (Wildman–Crippen MR) is 68.3 cm³/mol. The second-order valence-corrected chi connectivity index (χ2v) is 4.34. The van der Waals surface area contributed by atoms with Crippen molar-refractivity contribution in [2.45, 2.75) is 51.9 Å². The minimum Gasteiger partial charge on any atom is -0.379 e. The van der Waals surface area contributed by atoms with E-state index in [1.807, 2.05) is 6.92 Å². The van der Waals surface area contributed by atoms with Crippen molar-refractivity contribution in [3.8, 4) is 0 Å². The van der Waals surface area contributed by atoms with Gasteiger partial charge < -0.3 is 19.5 Å². The van der Waals surface area contributed by atoms with Gasteiger partial charge in [0.2, 0.25) is 0 Å². The van der Waals surface area contributed by atoms with Crippen LogP contribution in [0.5, 0.6) is 0 Å². The van der Waals surface area contributed by atoms with Crippen molar-refractivity contribution in [2.24, 2.45) is 0 Å². The molecule has 1 aliphatic carbocycles. The van der Waals surface area contributed by atoms with Crippen LogP contribution in [0.15, 0.2) is 0 Å². The lowest BCUT2D eigenvalue weighted by Crippen LogP contribution is -2.60. The van der Waals surface area contributed by atoms with Crippen LogP contribution in [-0.2, 0) is 14.2 Å². The number of nitrogens with one attached hydrogen (secondary N) is 1. The van der Waals surface area contributed by atoms with Crippen LogP contribution in [0.25, 0.3) is 0 Å². The topological polar surface area (TPSA) is 39.7 Å². The second kappa shape index (κ2) is 8.86. The van der Waals surface area contributed by atoms with Gasteiger partial charge in [-0.2, -0.15) is 0 Å². The first-order chi connectivity index (χ1) is 8.33. The zero-order valence-corrected chi connectivity index (χ0v) is 11.4. The molecule has 3 atom stereocenters. The van der Waals surface area contributed by atoms with Crippen LogP contribution in [0.1, 0.15) is 33.6 Å². The first kappa shape index (κ1) is 14.9. The Hall–Kier alpha value is -0.160. The molecule has 17 heavy (non-hydrogen) atoms. The average Bonchev–Trinajstić information content (AvgIpc) is 2.32. The van der Waals surface area contributed by atoms with Crippen molar-refractivity contribution in [2.75, 3.05) is 33.0 Å². The molecule has 0 aromatic carbocycles.